The first kappa shape index (κ1) is 16.8. The molecule has 0 spiro atoms. The highest BCUT2D eigenvalue weighted by molar-refractivity contribution is 6.00. The number of H-pyrrole nitrogens is 1. The number of hydrogen-bond acceptors (Lipinski definition) is 2. The molecule has 2 aromatic carbocycles. The van der Waals surface area contributed by atoms with Crippen LogP contribution in [0.15, 0.2) is 71.9 Å². The summed E-state index contributed by atoms with van der Waals surface area (Å²) >= 11 is 0. The van der Waals surface area contributed by atoms with Crippen LogP contribution < -0.4 is 10.6 Å². The Balaban J connectivity index is 1.46. The van der Waals surface area contributed by atoms with Crippen molar-refractivity contribution < 1.29 is 9.18 Å². The highest BCUT2D eigenvalue weighted by Gasteiger charge is 2.12. The van der Waals surface area contributed by atoms with Gasteiger partial charge in [0, 0.05) is 35.8 Å². The fourth-order valence-corrected chi connectivity index (χ4v) is 2.94. The topological polar surface area (TPSA) is 69.3 Å². The van der Waals surface area contributed by atoms with Crippen LogP contribution in [0, 0.1) is 5.82 Å². The Morgan fingerprint density at radius 2 is 1.63 bits per heavy atom. The van der Waals surface area contributed by atoms with E-state index in [0.29, 0.717) is 11.4 Å². The molecule has 27 heavy (non-hydrogen) atoms. The molecule has 0 fully saturated rings. The van der Waals surface area contributed by atoms with Crippen molar-refractivity contribution in [2.45, 2.75) is 6.42 Å². The number of amides is 2. The van der Waals surface area contributed by atoms with Gasteiger partial charge in [0.2, 0.25) is 0 Å². The van der Waals surface area contributed by atoms with Gasteiger partial charge in [0.25, 0.3) is 0 Å². The number of halogens is 1. The molecule has 1 aromatic heterocycles. The van der Waals surface area contributed by atoms with Crippen molar-refractivity contribution in [3.05, 3.63) is 83.8 Å². The van der Waals surface area contributed by atoms with Crippen LogP contribution in [-0.4, -0.2) is 17.2 Å². The largest absolute Gasteiger partial charge is 0.346 e. The highest BCUT2D eigenvalue weighted by Crippen LogP contribution is 2.32. The molecule has 5 nitrogen and oxygen atoms in total. The van der Waals surface area contributed by atoms with E-state index in [0.717, 1.165) is 28.9 Å². The van der Waals surface area contributed by atoms with E-state index in [1.165, 1.54) is 24.3 Å². The van der Waals surface area contributed by atoms with Crippen molar-refractivity contribution in [2.75, 3.05) is 10.6 Å². The van der Waals surface area contributed by atoms with Crippen LogP contribution in [0.3, 0.4) is 0 Å². The highest BCUT2D eigenvalue weighted by atomic mass is 19.1. The van der Waals surface area contributed by atoms with Gasteiger partial charge >= 0.3 is 6.03 Å². The molecule has 2 heterocycles. The van der Waals surface area contributed by atoms with Crippen LogP contribution in [0.4, 0.5) is 26.4 Å². The summed E-state index contributed by atoms with van der Waals surface area (Å²) in [5.74, 6) is 0.500. The molecule has 3 N–H and O–H groups in total. The van der Waals surface area contributed by atoms with E-state index in [1.54, 1.807) is 0 Å². The number of carbonyl (C=O) groups is 1. The average molecular weight is 360 g/mol. The van der Waals surface area contributed by atoms with E-state index in [9.17, 15) is 9.18 Å². The van der Waals surface area contributed by atoms with E-state index in [2.05, 4.69) is 26.7 Å². The van der Waals surface area contributed by atoms with Crippen LogP contribution in [0.2, 0.25) is 0 Å². The second-order valence-electron chi connectivity index (χ2n) is 6.07. The van der Waals surface area contributed by atoms with Crippen LogP contribution in [0.5, 0.6) is 0 Å². The lowest BCUT2D eigenvalue weighted by Crippen LogP contribution is -2.19. The molecule has 2 amide bonds. The third kappa shape index (κ3) is 3.79. The minimum absolute atomic E-state index is 0.347. The summed E-state index contributed by atoms with van der Waals surface area (Å²) in [6, 6.07) is 14.8. The molecule has 1 aliphatic rings. The minimum Gasteiger partial charge on any atom is -0.346 e. The lowest BCUT2D eigenvalue weighted by molar-refractivity contribution is 0.262. The smallest absolute Gasteiger partial charge is 0.323 e. The number of benzene rings is 2. The molecular weight excluding hydrogens is 343 g/mol. The van der Waals surface area contributed by atoms with Gasteiger partial charge < -0.3 is 15.6 Å². The zero-order valence-corrected chi connectivity index (χ0v) is 14.4. The Morgan fingerprint density at radius 3 is 2.33 bits per heavy atom. The summed E-state index contributed by atoms with van der Waals surface area (Å²) in [5, 5.41) is 5.43. The summed E-state index contributed by atoms with van der Waals surface area (Å²) in [7, 11) is 0. The lowest BCUT2D eigenvalue weighted by Gasteiger charge is -2.10. The van der Waals surface area contributed by atoms with Gasteiger partial charge in [-0.15, -0.1) is 0 Å². The molecule has 3 aromatic rings. The van der Waals surface area contributed by atoms with Gasteiger partial charge in [-0.25, -0.2) is 14.2 Å². The standard InChI is InChI=1S/C21H17FN4O/c22-15-5-9-17(10-6-15)26-21(27)25-16-7-3-14(4-8-16)18-2-1-12-23-20-19(18)11-13-24-20/h2-13,24H,1H2,(H2,25,26,27). The summed E-state index contributed by atoms with van der Waals surface area (Å²) in [6.07, 6.45) is 6.64. The predicted molar refractivity (Wildman–Crippen MR) is 106 cm³/mol. The zero-order chi connectivity index (χ0) is 18.6. The molecule has 1 aliphatic heterocycles. The normalized spacial score (nSPS) is 12.7. The Hall–Kier alpha value is -3.67. The number of anilines is 2. The van der Waals surface area contributed by atoms with E-state index in [1.807, 2.05) is 42.7 Å². The van der Waals surface area contributed by atoms with Crippen molar-refractivity contribution >= 4 is 35.0 Å². The quantitative estimate of drug-likeness (QED) is 0.580. The monoisotopic (exact) mass is 360 g/mol. The molecule has 0 bridgehead atoms. The first-order chi connectivity index (χ1) is 13.2. The average Bonchev–Trinajstić information content (AvgIpc) is 3.04. The molecule has 4 rings (SSSR count). The van der Waals surface area contributed by atoms with Crippen molar-refractivity contribution in [1.82, 2.24) is 4.98 Å². The maximum atomic E-state index is 12.9. The first-order valence-electron chi connectivity index (χ1n) is 8.53. The zero-order valence-electron chi connectivity index (χ0n) is 14.4. The summed E-state index contributed by atoms with van der Waals surface area (Å²) in [4.78, 5) is 19.6. The second kappa shape index (κ2) is 7.29. The number of urea groups is 1. The number of carbonyl (C=O) groups excluding carboxylic acids is 1. The Bertz CT molecular complexity index is 1020. The number of aromatic amines is 1. The number of aromatic nitrogens is 1. The van der Waals surface area contributed by atoms with E-state index in [4.69, 9.17) is 0 Å². The minimum atomic E-state index is -0.385. The summed E-state index contributed by atoms with van der Waals surface area (Å²) in [6.45, 7) is 0. The van der Waals surface area contributed by atoms with Crippen LogP contribution in [0.1, 0.15) is 17.5 Å². The number of rotatable bonds is 3. The van der Waals surface area contributed by atoms with Gasteiger partial charge in [-0.3, -0.25) is 0 Å². The Morgan fingerprint density at radius 1 is 0.963 bits per heavy atom. The third-order valence-electron chi connectivity index (χ3n) is 4.22. The summed E-state index contributed by atoms with van der Waals surface area (Å²) < 4.78 is 12.9. The van der Waals surface area contributed by atoms with Gasteiger partial charge in [-0.05, 0) is 53.6 Å². The number of hydrogen-bond donors (Lipinski definition) is 3. The number of fused-ring (bicyclic) bond motifs is 1. The van der Waals surface area contributed by atoms with Crippen molar-refractivity contribution in [3.63, 3.8) is 0 Å². The molecule has 0 aliphatic carbocycles. The molecule has 0 unspecified atom stereocenters. The third-order valence-corrected chi connectivity index (χ3v) is 4.22. The van der Waals surface area contributed by atoms with Gasteiger partial charge in [0.05, 0.1) is 0 Å². The van der Waals surface area contributed by atoms with Crippen molar-refractivity contribution in [3.8, 4) is 0 Å². The second-order valence-corrected chi connectivity index (χ2v) is 6.07. The van der Waals surface area contributed by atoms with Crippen LogP contribution >= 0.6 is 0 Å². The van der Waals surface area contributed by atoms with Crippen LogP contribution in [0.25, 0.3) is 5.57 Å². The van der Waals surface area contributed by atoms with Gasteiger partial charge in [0.1, 0.15) is 11.6 Å². The predicted octanol–water partition coefficient (Wildman–Crippen LogP) is 5.34. The van der Waals surface area contributed by atoms with Gasteiger partial charge in [-0.1, -0.05) is 18.2 Å². The first-order valence-corrected chi connectivity index (χ1v) is 8.53. The summed E-state index contributed by atoms with van der Waals surface area (Å²) in [5.41, 5.74) is 4.39. The lowest BCUT2D eigenvalue weighted by atomic mass is 9.98. The fraction of sp³-hybridized carbons (Fsp3) is 0.0476. The van der Waals surface area contributed by atoms with Gasteiger partial charge in [-0.2, -0.15) is 0 Å². The number of aliphatic imine (C=N–C) groups is 1. The Labute approximate surface area is 155 Å². The maximum Gasteiger partial charge on any atom is 0.323 e. The van der Waals surface area contributed by atoms with E-state index in [-0.39, 0.29) is 11.8 Å². The van der Waals surface area contributed by atoms with E-state index < -0.39 is 0 Å². The molecule has 6 heteroatoms. The number of nitrogens with one attached hydrogen (secondary N) is 3. The Kier molecular flexibility index (Phi) is 4.53. The van der Waals surface area contributed by atoms with Crippen molar-refractivity contribution in [2.24, 2.45) is 4.99 Å². The van der Waals surface area contributed by atoms with Gasteiger partial charge in [0.15, 0.2) is 0 Å². The molecular formula is C21H17FN4O. The molecule has 0 saturated carbocycles. The molecule has 0 saturated heterocycles. The SMILES string of the molecule is O=C(Nc1ccc(F)cc1)Nc1ccc(C2=CCC=Nc3[nH]ccc32)cc1. The fourth-order valence-electron chi connectivity index (χ4n) is 2.94. The van der Waals surface area contributed by atoms with Crippen molar-refractivity contribution in [1.29, 1.82) is 0 Å². The molecule has 134 valence electrons. The van der Waals surface area contributed by atoms with Crippen LogP contribution in [-0.2, 0) is 0 Å². The number of nitrogens with zero attached hydrogens (tertiary/aromatic N) is 1. The van der Waals surface area contributed by atoms with E-state index >= 15 is 0 Å². The molecule has 0 atom stereocenters. The molecule has 0 radical (unpaired) electrons. The maximum absolute atomic E-state index is 12.9. The number of allylic oxidation sites excluding steroid dienone is 1.